The molecule has 1 aliphatic rings. The summed E-state index contributed by atoms with van der Waals surface area (Å²) in [6.45, 7) is 1.27. The summed E-state index contributed by atoms with van der Waals surface area (Å²) in [6, 6.07) is 11.1. The Kier molecular flexibility index (Phi) is 5.15. The average Bonchev–Trinajstić information content (AvgIpc) is 2.97. The molecule has 6 heteroatoms. The standard InChI is InChI=1S/C19H18N2O3S/c1-12(22)24-17(13-7-3-2-4-8-13)18(23)21-19-15(11-20)14-9-5-6-10-16(14)25-19/h2-4,7-8,17H,5-6,9-10H2,1H3,(H,21,23). The molecule has 3 rings (SSSR count). The van der Waals surface area contributed by atoms with Crippen LogP contribution in [0.25, 0.3) is 0 Å². The van der Waals surface area contributed by atoms with Crippen LogP contribution in [0, 0.1) is 11.3 Å². The molecule has 5 nitrogen and oxygen atoms in total. The maximum Gasteiger partial charge on any atom is 0.303 e. The quantitative estimate of drug-likeness (QED) is 0.848. The van der Waals surface area contributed by atoms with Crippen LogP contribution < -0.4 is 5.32 Å². The first-order valence-electron chi connectivity index (χ1n) is 8.18. The number of amides is 1. The van der Waals surface area contributed by atoms with E-state index in [1.807, 2.05) is 6.07 Å². The lowest BCUT2D eigenvalue weighted by molar-refractivity contribution is -0.152. The van der Waals surface area contributed by atoms with Crippen LogP contribution in [0.1, 0.15) is 47.4 Å². The molecule has 1 aromatic carbocycles. The number of ether oxygens (including phenoxy) is 1. The minimum atomic E-state index is -1.04. The topological polar surface area (TPSA) is 79.2 Å². The second kappa shape index (κ2) is 7.49. The zero-order valence-corrected chi connectivity index (χ0v) is 14.7. The predicted octanol–water partition coefficient (Wildman–Crippen LogP) is 3.74. The summed E-state index contributed by atoms with van der Waals surface area (Å²) >= 11 is 1.45. The lowest BCUT2D eigenvalue weighted by Crippen LogP contribution is -2.25. The van der Waals surface area contributed by atoms with E-state index in [1.54, 1.807) is 24.3 Å². The number of thiophene rings is 1. The van der Waals surface area contributed by atoms with Crippen LogP contribution in [0.4, 0.5) is 5.00 Å². The van der Waals surface area contributed by atoms with E-state index in [4.69, 9.17) is 4.74 Å². The number of hydrogen-bond donors (Lipinski definition) is 1. The molecule has 1 N–H and O–H groups in total. The molecule has 0 bridgehead atoms. The van der Waals surface area contributed by atoms with Crippen molar-refractivity contribution >= 4 is 28.2 Å². The van der Waals surface area contributed by atoms with Crippen molar-refractivity contribution in [3.63, 3.8) is 0 Å². The first-order chi connectivity index (χ1) is 12.1. The Morgan fingerprint density at radius 2 is 1.96 bits per heavy atom. The number of aryl methyl sites for hydroxylation is 1. The maximum absolute atomic E-state index is 12.7. The van der Waals surface area contributed by atoms with Crippen LogP contribution >= 0.6 is 11.3 Å². The Balaban J connectivity index is 1.88. The van der Waals surface area contributed by atoms with E-state index < -0.39 is 18.0 Å². The van der Waals surface area contributed by atoms with E-state index in [0.29, 0.717) is 16.1 Å². The second-order valence-electron chi connectivity index (χ2n) is 5.92. The lowest BCUT2D eigenvalue weighted by atomic mass is 9.96. The van der Waals surface area contributed by atoms with Gasteiger partial charge in [-0.2, -0.15) is 5.26 Å². The molecular formula is C19H18N2O3S. The molecule has 1 atom stereocenters. The fourth-order valence-electron chi connectivity index (χ4n) is 3.02. The number of nitrogens with one attached hydrogen (secondary N) is 1. The van der Waals surface area contributed by atoms with Crippen molar-refractivity contribution in [3.8, 4) is 6.07 Å². The summed E-state index contributed by atoms with van der Waals surface area (Å²) in [4.78, 5) is 25.3. The third-order valence-electron chi connectivity index (χ3n) is 4.14. The highest BCUT2D eigenvalue weighted by molar-refractivity contribution is 7.16. The molecule has 128 valence electrons. The number of carbonyl (C=O) groups excluding carboxylic acids is 2. The molecule has 2 aromatic rings. The molecule has 25 heavy (non-hydrogen) atoms. The van der Waals surface area contributed by atoms with E-state index in [2.05, 4.69) is 11.4 Å². The van der Waals surface area contributed by atoms with Gasteiger partial charge >= 0.3 is 5.97 Å². The highest BCUT2D eigenvalue weighted by Crippen LogP contribution is 2.38. The van der Waals surface area contributed by atoms with E-state index in [1.165, 1.54) is 23.1 Å². The van der Waals surface area contributed by atoms with Gasteiger partial charge < -0.3 is 10.1 Å². The molecule has 0 saturated carbocycles. The van der Waals surface area contributed by atoms with Crippen LogP contribution in [0.3, 0.4) is 0 Å². The highest BCUT2D eigenvalue weighted by atomic mass is 32.1. The zero-order valence-electron chi connectivity index (χ0n) is 13.9. The second-order valence-corrected chi connectivity index (χ2v) is 7.02. The summed E-state index contributed by atoms with van der Waals surface area (Å²) in [5.74, 6) is -0.980. The number of rotatable bonds is 4. The van der Waals surface area contributed by atoms with Gasteiger partial charge in [-0.3, -0.25) is 9.59 Å². The number of esters is 1. The Morgan fingerprint density at radius 3 is 2.64 bits per heavy atom. The summed E-state index contributed by atoms with van der Waals surface area (Å²) < 4.78 is 5.22. The summed E-state index contributed by atoms with van der Waals surface area (Å²) in [7, 11) is 0. The Labute approximate surface area is 150 Å². The fraction of sp³-hybridized carbons (Fsp3) is 0.316. The van der Waals surface area contributed by atoms with E-state index in [-0.39, 0.29) is 0 Å². The van der Waals surface area contributed by atoms with Crippen LogP contribution in [0.5, 0.6) is 0 Å². The maximum atomic E-state index is 12.7. The number of hydrogen-bond acceptors (Lipinski definition) is 5. The van der Waals surface area contributed by atoms with Gasteiger partial charge in [-0.05, 0) is 31.2 Å². The van der Waals surface area contributed by atoms with E-state index in [0.717, 1.165) is 31.2 Å². The van der Waals surface area contributed by atoms with Crippen LogP contribution in [-0.2, 0) is 27.2 Å². The first-order valence-corrected chi connectivity index (χ1v) is 8.99. The molecule has 0 radical (unpaired) electrons. The number of fused-ring (bicyclic) bond motifs is 1. The van der Waals surface area contributed by atoms with Crippen molar-refractivity contribution in [1.29, 1.82) is 5.26 Å². The number of benzene rings is 1. The van der Waals surface area contributed by atoms with Crippen LogP contribution in [-0.4, -0.2) is 11.9 Å². The van der Waals surface area contributed by atoms with Crippen LogP contribution in [0.2, 0.25) is 0 Å². The van der Waals surface area contributed by atoms with Crippen molar-refractivity contribution in [2.24, 2.45) is 0 Å². The van der Waals surface area contributed by atoms with Crippen molar-refractivity contribution < 1.29 is 14.3 Å². The Morgan fingerprint density at radius 1 is 1.24 bits per heavy atom. The van der Waals surface area contributed by atoms with E-state index >= 15 is 0 Å². The van der Waals surface area contributed by atoms with Crippen LogP contribution in [0.15, 0.2) is 30.3 Å². The van der Waals surface area contributed by atoms with Crippen molar-refractivity contribution in [2.75, 3.05) is 5.32 Å². The SMILES string of the molecule is CC(=O)OC(C(=O)Nc1sc2c(c1C#N)CCCC2)c1ccccc1. The normalized spacial score (nSPS) is 14.1. The van der Waals surface area contributed by atoms with Gasteiger partial charge in [0, 0.05) is 17.4 Å². The zero-order chi connectivity index (χ0) is 17.8. The van der Waals surface area contributed by atoms with Crippen molar-refractivity contribution in [1.82, 2.24) is 0 Å². The smallest absolute Gasteiger partial charge is 0.303 e. The summed E-state index contributed by atoms with van der Waals surface area (Å²) in [5.41, 5.74) is 2.19. The van der Waals surface area contributed by atoms with Gasteiger partial charge in [-0.25, -0.2) is 0 Å². The summed E-state index contributed by atoms with van der Waals surface area (Å²) in [6.07, 6.45) is 2.94. The molecule has 0 aliphatic heterocycles. The van der Waals surface area contributed by atoms with Gasteiger partial charge in [0.1, 0.15) is 11.1 Å². The third-order valence-corrected chi connectivity index (χ3v) is 5.35. The van der Waals surface area contributed by atoms with Gasteiger partial charge in [0.15, 0.2) is 0 Å². The lowest BCUT2D eigenvalue weighted by Gasteiger charge is -2.16. The van der Waals surface area contributed by atoms with Gasteiger partial charge in [-0.1, -0.05) is 30.3 Å². The minimum Gasteiger partial charge on any atom is -0.447 e. The number of carbonyl (C=O) groups is 2. The van der Waals surface area contributed by atoms with Crippen molar-refractivity contribution in [3.05, 3.63) is 51.9 Å². The molecule has 0 fully saturated rings. The van der Waals surface area contributed by atoms with Gasteiger partial charge in [-0.15, -0.1) is 11.3 Å². The molecule has 1 amide bonds. The van der Waals surface area contributed by atoms with Gasteiger partial charge in [0.25, 0.3) is 5.91 Å². The van der Waals surface area contributed by atoms with Gasteiger partial charge in [0.2, 0.25) is 6.10 Å². The molecule has 1 unspecified atom stereocenters. The number of nitrogens with zero attached hydrogens (tertiary/aromatic N) is 1. The molecule has 1 heterocycles. The molecule has 1 aliphatic carbocycles. The molecule has 1 aromatic heterocycles. The Hall–Kier alpha value is -2.65. The fourth-order valence-corrected chi connectivity index (χ4v) is 4.26. The monoisotopic (exact) mass is 354 g/mol. The first kappa shape index (κ1) is 17.2. The molecule has 0 saturated heterocycles. The largest absolute Gasteiger partial charge is 0.447 e. The summed E-state index contributed by atoms with van der Waals surface area (Å²) in [5, 5.41) is 12.8. The van der Waals surface area contributed by atoms with E-state index in [9.17, 15) is 14.9 Å². The average molecular weight is 354 g/mol. The van der Waals surface area contributed by atoms with Gasteiger partial charge in [0.05, 0.1) is 5.56 Å². The highest BCUT2D eigenvalue weighted by Gasteiger charge is 2.27. The predicted molar refractivity (Wildman–Crippen MR) is 95.3 cm³/mol. The van der Waals surface area contributed by atoms with Crippen molar-refractivity contribution in [2.45, 2.75) is 38.7 Å². The molecular weight excluding hydrogens is 336 g/mol. The molecule has 0 spiro atoms. The number of anilines is 1. The minimum absolute atomic E-state index is 0.448. The third kappa shape index (κ3) is 3.72. The Bertz CT molecular complexity index is 836. The number of nitriles is 1.